The van der Waals surface area contributed by atoms with Crippen LogP contribution in [0.2, 0.25) is 0 Å². The van der Waals surface area contributed by atoms with Gasteiger partial charge in [-0.1, -0.05) is 133 Å². The molecule has 0 amide bonds. The van der Waals surface area contributed by atoms with E-state index in [0.717, 1.165) is 77.5 Å². The molecule has 8 aromatic carbocycles. The topological polar surface area (TPSA) is 63.0 Å². The first-order valence-electron chi connectivity index (χ1n) is 17.5. The number of hydrogen-bond acceptors (Lipinski definition) is 5. The molecule has 5 nitrogen and oxygen atoms in total. The standard InChI is InChI=1S/C47H29N3O2/c1-2-12-29(13-3-1)45-48-46(31-23-24-33-30(27-31)22-21-28-11-4-5-14-32(28)33)50-47(49-45)43-35(25-26-41-42(43)38-16-7-9-20-40(38)51-41)37-18-10-17-36-34-15-6-8-19-39(34)52-44(36)37/h1-27,46H,(H,48,49,50). The zero-order valence-corrected chi connectivity index (χ0v) is 27.9. The summed E-state index contributed by atoms with van der Waals surface area (Å²) in [5.74, 6) is 1.38. The van der Waals surface area contributed by atoms with E-state index in [1.54, 1.807) is 0 Å². The smallest absolute Gasteiger partial charge is 0.160 e. The molecule has 1 aliphatic heterocycles. The molecule has 2 aromatic heterocycles. The van der Waals surface area contributed by atoms with Crippen molar-refractivity contribution in [2.24, 2.45) is 9.98 Å². The Bertz CT molecular complexity index is 3110. The van der Waals surface area contributed by atoms with Crippen molar-refractivity contribution >= 4 is 77.1 Å². The SMILES string of the molecule is c1ccc(C2=NC(c3c(-c4cccc5c4oc4ccccc45)ccc4oc5ccccc5c34)=NC(c3ccc4c(ccc5ccccc54)c3)N2)cc1. The normalized spacial score (nSPS) is 14.7. The molecule has 52 heavy (non-hydrogen) atoms. The van der Waals surface area contributed by atoms with Crippen molar-refractivity contribution in [3.8, 4) is 11.1 Å². The molecule has 0 aliphatic carbocycles. The quantitative estimate of drug-likeness (QED) is 0.190. The number of nitrogens with one attached hydrogen (secondary N) is 1. The lowest BCUT2D eigenvalue weighted by Gasteiger charge is -2.25. The van der Waals surface area contributed by atoms with Gasteiger partial charge < -0.3 is 14.2 Å². The lowest BCUT2D eigenvalue weighted by Crippen LogP contribution is -2.33. The fourth-order valence-electron chi connectivity index (χ4n) is 7.91. The predicted molar refractivity (Wildman–Crippen MR) is 213 cm³/mol. The van der Waals surface area contributed by atoms with Gasteiger partial charge in [-0.05, 0) is 63.0 Å². The molecular weight excluding hydrogens is 639 g/mol. The van der Waals surface area contributed by atoms with Gasteiger partial charge in [-0.25, -0.2) is 9.98 Å². The molecular formula is C47H29N3O2. The number of nitrogens with zero attached hydrogens (tertiary/aromatic N) is 2. The first-order chi connectivity index (χ1) is 25.8. The summed E-state index contributed by atoms with van der Waals surface area (Å²) in [6, 6.07) is 56.8. The molecule has 0 saturated carbocycles. The number of fused-ring (bicyclic) bond motifs is 9. The van der Waals surface area contributed by atoms with E-state index in [4.69, 9.17) is 18.8 Å². The van der Waals surface area contributed by atoms with Crippen molar-refractivity contribution in [1.82, 2.24) is 5.32 Å². The van der Waals surface area contributed by atoms with Gasteiger partial charge in [0, 0.05) is 38.2 Å². The Labute approximate surface area is 298 Å². The lowest BCUT2D eigenvalue weighted by molar-refractivity contribution is 0.667. The average molecular weight is 668 g/mol. The van der Waals surface area contributed by atoms with Gasteiger partial charge in [-0.2, -0.15) is 0 Å². The third kappa shape index (κ3) is 4.42. The van der Waals surface area contributed by atoms with Gasteiger partial charge in [-0.3, -0.25) is 0 Å². The van der Waals surface area contributed by atoms with Gasteiger partial charge in [0.2, 0.25) is 0 Å². The van der Waals surface area contributed by atoms with E-state index < -0.39 is 6.17 Å². The molecule has 5 heteroatoms. The van der Waals surface area contributed by atoms with Crippen molar-refractivity contribution in [3.63, 3.8) is 0 Å². The van der Waals surface area contributed by atoms with E-state index in [-0.39, 0.29) is 0 Å². The number of amidine groups is 2. The van der Waals surface area contributed by atoms with Crippen LogP contribution in [0.25, 0.3) is 76.5 Å². The Hall–Kier alpha value is -6.98. The van der Waals surface area contributed by atoms with E-state index in [0.29, 0.717) is 5.84 Å². The van der Waals surface area contributed by atoms with Crippen LogP contribution < -0.4 is 5.32 Å². The number of furan rings is 2. The largest absolute Gasteiger partial charge is 0.456 e. The Morgan fingerprint density at radius 1 is 0.481 bits per heavy atom. The second-order valence-electron chi connectivity index (χ2n) is 13.3. The third-order valence-corrected chi connectivity index (χ3v) is 10.3. The first-order valence-corrected chi connectivity index (χ1v) is 17.5. The highest BCUT2D eigenvalue weighted by molar-refractivity contribution is 6.26. The van der Waals surface area contributed by atoms with Crippen LogP contribution in [0, 0.1) is 0 Å². The fourth-order valence-corrected chi connectivity index (χ4v) is 7.91. The van der Waals surface area contributed by atoms with Gasteiger partial charge in [-0.15, -0.1) is 0 Å². The van der Waals surface area contributed by atoms with E-state index in [1.165, 1.54) is 21.5 Å². The molecule has 244 valence electrons. The molecule has 1 aliphatic rings. The molecule has 1 unspecified atom stereocenters. The Morgan fingerprint density at radius 3 is 2.08 bits per heavy atom. The van der Waals surface area contributed by atoms with Crippen LogP contribution in [0.5, 0.6) is 0 Å². The molecule has 0 fully saturated rings. The molecule has 11 rings (SSSR count). The molecule has 0 saturated heterocycles. The maximum atomic E-state index is 6.60. The summed E-state index contributed by atoms with van der Waals surface area (Å²) in [5, 5.41) is 12.7. The highest BCUT2D eigenvalue weighted by atomic mass is 16.3. The van der Waals surface area contributed by atoms with Crippen LogP contribution in [-0.4, -0.2) is 11.7 Å². The van der Waals surface area contributed by atoms with Gasteiger partial charge >= 0.3 is 0 Å². The van der Waals surface area contributed by atoms with Crippen LogP contribution in [0.3, 0.4) is 0 Å². The fraction of sp³-hybridized carbons (Fsp3) is 0.0213. The van der Waals surface area contributed by atoms with Crippen molar-refractivity contribution in [2.75, 3.05) is 0 Å². The molecule has 10 aromatic rings. The minimum atomic E-state index is -0.401. The summed E-state index contributed by atoms with van der Waals surface area (Å²) in [4.78, 5) is 10.8. The van der Waals surface area contributed by atoms with Gasteiger partial charge in [0.05, 0.1) is 0 Å². The highest BCUT2D eigenvalue weighted by Crippen LogP contribution is 2.42. The third-order valence-electron chi connectivity index (χ3n) is 10.3. The zero-order chi connectivity index (χ0) is 34.2. The Balaban J connectivity index is 1.19. The van der Waals surface area contributed by atoms with Gasteiger partial charge in [0.25, 0.3) is 0 Å². The second-order valence-corrected chi connectivity index (χ2v) is 13.3. The molecule has 0 bridgehead atoms. The number of aliphatic imine (C=N–C) groups is 2. The number of hydrogen-bond donors (Lipinski definition) is 1. The molecule has 0 spiro atoms. The molecule has 1 N–H and O–H groups in total. The van der Waals surface area contributed by atoms with Crippen molar-refractivity contribution < 1.29 is 8.83 Å². The minimum absolute atomic E-state index is 0.401. The summed E-state index contributed by atoms with van der Waals surface area (Å²) in [7, 11) is 0. The summed E-state index contributed by atoms with van der Waals surface area (Å²) >= 11 is 0. The van der Waals surface area contributed by atoms with Crippen molar-refractivity contribution in [2.45, 2.75) is 6.17 Å². The van der Waals surface area contributed by atoms with Crippen LogP contribution in [0.4, 0.5) is 0 Å². The number of benzene rings is 8. The second kappa shape index (κ2) is 11.3. The summed E-state index contributed by atoms with van der Waals surface area (Å²) < 4.78 is 13.1. The van der Waals surface area contributed by atoms with E-state index in [9.17, 15) is 0 Å². The summed E-state index contributed by atoms with van der Waals surface area (Å²) in [6.45, 7) is 0. The molecule has 1 atom stereocenters. The summed E-state index contributed by atoms with van der Waals surface area (Å²) in [6.07, 6.45) is -0.401. The number of para-hydroxylation sites is 3. The lowest BCUT2D eigenvalue weighted by atomic mass is 9.93. The zero-order valence-electron chi connectivity index (χ0n) is 27.9. The Morgan fingerprint density at radius 2 is 1.19 bits per heavy atom. The minimum Gasteiger partial charge on any atom is -0.456 e. The Kier molecular flexibility index (Phi) is 6.25. The van der Waals surface area contributed by atoms with Crippen molar-refractivity contribution in [1.29, 1.82) is 0 Å². The average Bonchev–Trinajstić information content (AvgIpc) is 3.79. The van der Waals surface area contributed by atoms with Crippen molar-refractivity contribution in [3.05, 3.63) is 180 Å². The van der Waals surface area contributed by atoms with Crippen LogP contribution in [0.15, 0.2) is 183 Å². The molecule has 3 heterocycles. The van der Waals surface area contributed by atoms with E-state index in [2.05, 4.69) is 127 Å². The highest BCUT2D eigenvalue weighted by Gasteiger charge is 2.27. The van der Waals surface area contributed by atoms with Crippen LogP contribution in [-0.2, 0) is 0 Å². The van der Waals surface area contributed by atoms with Crippen LogP contribution in [0.1, 0.15) is 22.9 Å². The predicted octanol–water partition coefficient (Wildman–Crippen LogP) is 12.0. The molecule has 0 radical (unpaired) electrons. The number of rotatable bonds is 4. The van der Waals surface area contributed by atoms with Gasteiger partial charge in [0.15, 0.2) is 5.84 Å². The van der Waals surface area contributed by atoms with Crippen LogP contribution >= 0.6 is 0 Å². The van der Waals surface area contributed by atoms with Gasteiger partial charge in [0.1, 0.15) is 34.3 Å². The maximum absolute atomic E-state index is 6.60. The maximum Gasteiger partial charge on any atom is 0.160 e. The van der Waals surface area contributed by atoms with E-state index in [1.807, 2.05) is 42.5 Å². The monoisotopic (exact) mass is 667 g/mol. The van der Waals surface area contributed by atoms with E-state index >= 15 is 0 Å². The summed E-state index contributed by atoms with van der Waals surface area (Å²) in [5.41, 5.74) is 8.17. The first kappa shape index (κ1) is 28.8.